The highest BCUT2D eigenvalue weighted by molar-refractivity contribution is 5.69. The zero-order valence-corrected chi connectivity index (χ0v) is 14.7. The Balaban J connectivity index is 2.38. The molecule has 1 aliphatic rings. The minimum absolute atomic E-state index is 0.165. The fraction of sp³-hybridized carbons (Fsp3) is 0.941. The molecule has 0 aromatic carbocycles. The molecule has 2 atom stereocenters. The first kappa shape index (κ1) is 18.3. The highest BCUT2D eigenvalue weighted by atomic mass is 16.6. The van der Waals surface area contributed by atoms with Crippen molar-refractivity contribution >= 4 is 6.09 Å². The molecule has 1 rings (SSSR count). The number of hydrogen-bond donors (Lipinski definition) is 1. The third-order valence-corrected chi connectivity index (χ3v) is 3.88. The third-order valence-electron chi connectivity index (χ3n) is 3.88. The minimum Gasteiger partial charge on any atom is -0.444 e. The second kappa shape index (κ2) is 8.02. The van der Waals surface area contributed by atoms with Crippen LogP contribution >= 0.6 is 0 Å². The summed E-state index contributed by atoms with van der Waals surface area (Å²) in [6.07, 6.45) is 4.42. The Morgan fingerprint density at radius 3 is 2.52 bits per heavy atom. The summed E-state index contributed by atoms with van der Waals surface area (Å²) in [5.41, 5.74) is -0.414. The highest BCUT2D eigenvalue weighted by Gasteiger charge is 2.31. The maximum Gasteiger partial charge on any atom is 0.410 e. The van der Waals surface area contributed by atoms with Crippen molar-refractivity contribution in [2.45, 2.75) is 84.9 Å². The van der Waals surface area contributed by atoms with Crippen LogP contribution in [0.25, 0.3) is 0 Å². The molecule has 1 N–H and O–H groups in total. The van der Waals surface area contributed by atoms with E-state index < -0.39 is 5.60 Å². The Morgan fingerprint density at radius 1 is 1.29 bits per heavy atom. The molecule has 1 amide bonds. The number of likely N-dealkylation sites (tertiary alicyclic amines) is 1. The molecule has 1 saturated heterocycles. The van der Waals surface area contributed by atoms with Gasteiger partial charge >= 0.3 is 6.09 Å². The van der Waals surface area contributed by atoms with Gasteiger partial charge in [0.05, 0.1) is 0 Å². The summed E-state index contributed by atoms with van der Waals surface area (Å²) in [6.45, 7) is 14.2. The van der Waals surface area contributed by atoms with Crippen molar-refractivity contribution in [1.29, 1.82) is 0 Å². The van der Waals surface area contributed by atoms with Crippen LogP contribution in [0.2, 0.25) is 0 Å². The Kier molecular flexibility index (Phi) is 6.98. The molecular formula is C17H34N2O2. The monoisotopic (exact) mass is 298 g/mol. The summed E-state index contributed by atoms with van der Waals surface area (Å²) >= 11 is 0. The fourth-order valence-electron chi connectivity index (χ4n) is 2.63. The lowest BCUT2D eigenvalue weighted by atomic mass is 10.0. The Morgan fingerprint density at radius 2 is 1.95 bits per heavy atom. The average Bonchev–Trinajstić information content (AvgIpc) is 2.80. The van der Waals surface area contributed by atoms with Crippen molar-refractivity contribution in [1.82, 2.24) is 10.2 Å². The van der Waals surface area contributed by atoms with Crippen LogP contribution in [0.3, 0.4) is 0 Å². The summed E-state index contributed by atoms with van der Waals surface area (Å²) in [6, 6.07) is 0.787. The van der Waals surface area contributed by atoms with E-state index in [2.05, 4.69) is 26.1 Å². The van der Waals surface area contributed by atoms with Gasteiger partial charge in [-0.3, -0.25) is 0 Å². The van der Waals surface area contributed by atoms with E-state index in [0.717, 1.165) is 31.8 Å². The van der Waals surface area contributed by atoms with Crippen molar-refractivity contribution < 1.29 is 9.53 Å². The van der Waals surface area contributed by atoms with Crippen LogP contribution in [0.15, 0.2) is 0 Å². The van der Waals surface area contributed by atoms with Gasteiger partial charge in [-0.25, -0.2) is 4.79 Å². The summed E-state index contributed by atoms with van der Waals surface area (Å²) in [5, 5.41) is 3.58. The van der Waals surface area contributed by atoms with Crippen molar-refractivity contribution in [2.75, 3.05) is 13.1 Å². The molecule has 0 spiro atoms. The molecule has 124 valence electrons. The molecule has 0 aromatic rings. The van der Waals surface area contributed by atoms with E-state index in [1.165, 1.54) is 12.8 Å². The van der Waals surface area contributed by atoms with Gasteiger partial charge in [-0.15, -0.1) is 0 Å². The van der Waals surface area contributed by atoms with Crippen LogP contribution in [0.5, 0.6) is 0 Å². The minimum atomic E-state index is -0.414. The van der Waals surface area contributed by atoms with E-state index in [-0.39, 0.29) is 12.1 Å². The molecule has 4 heteroatoms. The molecule has 0 bridgehead atoms. The summed E-state index contributed by atoms with van der Waals surface area (Å²) in [5.74, 6) is 0.749. The summed E-state index contributed by atoms with van der Waals surface area (Å²) in [4.78, 5) is 14.1. The summed E-state index contributed by atoms with van der Waals surface area (Å²) in [7, 11) is 0. The number of carbonyl (C=O) groups is 1. The SMILES string of the molecule is CC(C)CCC(C)NCC1CCCN1C(=O)OC(C)(C)C. The van der Waals surface area contributed by atoms with E-state index in [4.69, 9.17) is 4.74 Å². The zero-order valence-electron chi connectivity index (χ0n) is 14.7. The maximum atomic E-state index is 12.2. The van der Waals surface area contributed by atoms with Gasteiger partial charge in [-0.05, 0) is 59.3 Å². The Hall–Kier alpha value is -0.770. The van der Waals surface area contributed by atoms with E-state index in [0.29, 0.717) is 6.04 Å². The van der Waals surface area contributed by atoms with Crippen molar-refractivity contribution in [3.8, 4) is 0 Å². The fourth-order valence-corrected chi connectivity index (χ4v) is 2.63. The van der Waals surface area contributed by atoms with E-state index >= 15 is 0 Å². The van der Waals surface area contributed by atoms with Gasteiger partial charge in [0.15, 0.2) is 0 Å². The van der Waals surface area contributed by atoms with Crippen LogP contribution in [-0.2, 0) is 4.74 Å². The predicted molar refractivity (Wildman–Crippen MR) is 87.5 cm³/mol. The van der Waals surface area contributed by atoms with Gasteiger partial charge < -0.3 is 15.0 Å². The third kappa shape index (κ3) is 7.16. The van der Waals surface area contributed by atoms with E-state index in [9.17, 15) is 4.79 Å². The second-order valence-electron chi connectivity index (χ2n) is 7.75. The van der Waals surface area contributed by atoms with Crippen LogP contribution < -0.4 is 5.32 Å². The number of rotatable bonds is 6. The quantitative estimate of drug-likeness (QED) is 0.811. The van der Waals surface area contributed by atoms with Crippen LogP contribution in [0.1, 0.15) is 67.2 Å². The number of nitrogens with zero attached hydrogens (tertiary/aromatic N) is 1. The molecule has 0 saturated carbocycles. The lowest BCUT2D eigenvalue weighted by molar-refractivity contribution is 0.0225. The lowest BCUT2D eigenvalue weighted by Gasteiger charge is -2.29. The van der Waals surface area contributed by atoms with Crippen LogP contribution in [0, 0.1) is 5.92 Å². The lowest BCUT2D eigenvalue weighted by Crippen LogP contribution is -2.45. The Labute approximate surface area is 130 Å². The van der Waals surface area contributed by atoms with E-state index in [1.807, 2.05) is 25.7 Å². The zero-order chi connectivity index (χ0) is 16.0. The number of ether oxygens (including phenoxy) is 1. The summed E-state index contributed by atoms with van der Waals surface area (Å²) < 4.78 is 5.50. The maximum absolute atomic E-state index is 12.2. The van der Waals surface area contributed by atoms with Crippen LogP contribution in [-0.4, -0.2) is 41.8 Å². The number of hydrogen-bond acceptors (Lipinski definition) is 3. The van der Waals surface area contributed by atoms with E-state index in [1.54, 1.807) is 0 Å². The van der Waals surface area contributed by atoms with Crippen molar-refractivity contribution in [3.63, 3.8) is 0 Å². The molecule has 0 aromatic heterocycles. The molecular weight excluding hydrogens is 264 g/mol. The largest absolute Gasteiger partial charge is 0.444 e. The first-order chi connectivity index (χ1) is 9.69. The number of amides is 1. The van der Waals surface area contributed by atoms with Gasteiger partial charge in [0.1, 0.15) is 5.60 Å². The van der Waals surface area contributed by atoms with Crippen molar-refractivity contribution in [2.24, 2.45) is 5.92 Å². The molecule has 1 fully saturated rings. The van der Waals surface area contributed by atoms with Gasteiger partial charge in [0.2, 0.25) is 0 Å². The molecule has 1 heterocycles. The molecule has 1 aliphatic heterocycles. The highest BCUT2D eigenvalue weighted by Crippen LogP contribution is 2.20. The van der Waals surface area contributed by atoms with Crippen LogP contribution in [0.4, 0.5) is 4.79 Å². The normalized spacial score (nSPS) is 20.9. The molecule has 0 aliphatic carbocycles. The first-order valence-corrected chi connectivity index (χ1v) is 8.42. The van der Waals surface area contributed by atoms with Gasteiger partial charge in [0, 0.05) is 25.2 Å². The van der Waals surface area contributed by atoms with Gasteiger partial charge in [-0.2, -0.15) is 0 Å². The molecule has 4 nitrogen and oxygen atoms in total. The standard InChI is InChI=1S/C17H34N2O2/c1-13(2)9-10-14(3)18-12-15-8-7-11-19(15)16(20)21-17(4,5)6/h13-15,18H,7-12H2,1-6H3. The second-order valence-corrected chi connectivity index (χ2v) is 7.75. The average molecular weight is 298 g/mol. The number of nitrogens with one attached hydrogen (secondary N) is 1. The molecule has 0 radical (unpaired) electrons. The number of carbonyl (C=O) groups excluding carboxylic acids is 1. The topological polar surface area (TPSA) is 41.6 Å². The van der Waals surface area contributed by atoms with Gasteiger partial charge in [0.25, 0.3) is 0 Å². The smallest absolute Gasteiger partial charge is 0.410 e. The van der Waals surface area contributed by atoms with Crippen molar-refractivity contribution in [3.05, 3.63) is 0 Å². The Bertz CT molecular complexity index is 323. The molecule has 2 unspecified atom stereocenters. The molecule has 21 heavy (non-hydrogen) atoms. The first-order valence-electron chi connectivity index (χ1n) is 8.42. The predicted octanol–water partition coefficient (Wildman–Crippen LogP) is 3.80. The van der Waals surface area contributed by atoms with Gasteiger partial charge in [-0.1, -0.05) is 13.8 Å².